The van der Waals surface area contributed by atoms with Crippen molar-refractivity contribution in [3.63, 3.8) is 0 Å². The highest BCUT2D eigenvalue weighted by Crippen LogP contribution is 2.29. The summed E-state index contributed by atoms with van der Waals surface area (Å²) in [4.78, 5) is 28.1. The number of ketones is 1. The van der Waals surface area contributed by atoms with Crippen molar-refractivity contribution >= 4 is 11.7 Å². The van der Waals surface area contributed by atoms with E-state index in [9.17, 15) is 9.59 Å². The van der Waals surface area contributed by atoms with E-state index in [1.54, 1.807) is 0 Å². The van der Waals surface area contributed by atoms with Gasteiger partial charge in [-0.1, -0.05) is 13.5 Å². The van der Waals surface area contributed by atoms with Gasteiger partial charge < -0.3 is 4.90 Å². The Morgan fingerprint density at radius 2 is 1.71 bits per heavy atom. The number of hydrogen-bond acceptors (Lipinski definition) is 3. The van der Waals surface area contributed by atoms with Crippen molar-refractivity contribution in [2.45, 2.75) is 51.5 Å². The highest BCUT2D eigenvalue weighted by Gasteiger charge is 2.30. The normalized spacial score (nSPS) is 27.4. The Labute approximate surface area is 128 Å². The van der Waals surface area contributed by atoms with Crippen LogP contribution in [0, 0.1) is 5.92 Å². The van der Waals surface area contributed by atoms with Crippen LogP contribution in [0.25, 0.3) is 0 Å². The molecule has 1 aliphatic carbocycles. The van der Waals surface area contributed by atoms with Gasteiger partial charge in [-0.3, -0.25) is 14.5 Å². The predicted molar refractivity (Wildman–Crippen MR) is 84.0 cm³/mol. The molecule has 0 unspecified atom stereocenters. The molecular formula is C17H28N2O2. The summed E-state index contributed by atoms with van der Waals surface area (Å²) >= 11 is 0. The summed E-state index contributed by atoms with van der Waals surface area (Å²) in [5.74, 6) is 0.715. The van der Waals surface area contributed by atoms with E-state index in [4.69, 9.17) is 0 Å². The Bertz CT molecular complexity index is 378. The fraction of sp³-hybridized carbons (Fsp3) is 0.765. The maximum absolute atomic E-state index is 11.9. The summed E-state index contributed by atoms with van der Waals surface area (Å²) in [6, 6.07) is 0.599. The first kappa shape index (κ1) is 16.2. The number of carbonyl (C=O) groups is 2. The summed E-state index contributed by atoms with van der Waals surface area (Å²) in [6.07, 6.45) is 7.27. The minimum atomic E-state index is 0.200. The van der Waals surface area contributed by atoms with Crippen LogP contribution < -0.4 is 0 Å². The molecule has 0 spiro atoms. The van der Waals surface area contributed by atoms with Gasteiger partial charge >= 0.3 is 0 Å². The van der Waals surface area contributed by atoms with Crippen LogP contribution in [0.15, 0.2) is 12.7 Å². The molecule has 4 nitrogen and oxygen atoms in total. The number of allylic oxidation sites excluding steroid dienone is 1. The van der Waals surface area contributed by atoms with Crippen LogP contribution in [0.1, 0.15) is 45.4 Å². The highest BCUT2D eigenvalue weighted by molar-refractivity contribution is 5.91. The smallest absolute Gasteiger partial charge is 0.222 e. The summed E-state index contributed by atoms with van der Waals surface area (Å²) in [7, 11) is 0. The molecule has 1 saturated carbocycles. The van der Waals surface area contributed by atoms with Crippen molar-refractivity contribution in [2.75, 3.05) is 26.2 Å². The van der Waals surface area contributed by atoms with E-state index in [1.807, 2.05) is 4.90 Å². The first-order valence-corrected chi connectivity index (χ1v) is 8.33. The molecule has 2 rings (SSSR count). The fourth-order valence-corrected chi connectivity index (χ4v) is 3.60. The minimum absolute atomic E-state index is 0.200. The van der Waals surface area contributed by atoms with Gasteiger partial charge in [-0.15, -0.1) is 0 Å². The van der Waals surface area contributed by atoms with Crippen molar-refractivity contribution in [1.29, 1.82) is 0 Å². The Morgan fingerprint density at radius 1 is 1.10 bits per heavy atom. The number of rotatable bonds is 5. The second kappa shape index (κ2) is 7.74. The van der Waals surface area contributed by atoms with Crippen molar-refractivity contribution in [3.8, 4) is 0 Å². The zero-order valence-electron chi connectivity index (χ0n) is 13.2. The molecule has 1 amide bonds. The lowest BCUT2D eigenvalue weighted by atomic mass is 9.82. The molecule has 0 atom stereocenters. The van der Waals surface area contributed by atoms with Crippen LogP contribution >= 0.6 is 0 Å². The van der Waals surface area contributed by atoms with Crippen molar-refractivity contribution in [1.82, 2.24) is 9.80 Å². The maximum Gasteiger partial charge on any atom is 0.222 e. The van der Waals surface area contributed by atoms with Crippen molar-refractivity contribution in [3.05, 3.63) is 12.7 Å². The largest absolute Gasteiger partial charge is 0.340 e. The predicted octanol–water partition coefficient (Wildman–Crippen LogP) is 2.24. The molecule has 0 N–H and O–H groups in total. The van der Waals surface area contributed by atoms with Crippen molar-refractivity contribution in [2.24, 2.45) is 5.92 Å². The lowest BCUT2D eigenvalue weighted by Crippen LogP contribution is -2.52. The summed E-state index contributed by atoms with van der Waals surface area (Å²) < 4.78 is 0. The van der Waals surface area contributed by atoms with Gasteiger partial charge in [-0.2, -0.15) is 0 Å². The minimum Gasteiger partial charge on any atom is -0.340 e. The van der Waals surface area contributed by atoms with Crippen LogP contribution in [-0.4, -0.2) is 53.7 Å². The number of carbonyl (C=O) groups excluding carboxylic acids is 2. The van der Waals surface area contributed by atoms with Gasteiger partial charge in [0, 0.05) is 44.6 Å². The number of piperazine rings is 1. The first-order chi connectivity index (χ1) is 10.2. The zero-order valence-corrected chi connectivity index (χ0v) is 13.2. The van der Waals surface area contributed by atoms with Crippen molar-refractivity contribution < 1.29 is 9.59 Å². The Morgan fingerprint density at radius 3 is 2.24 bits per heavy atom. The van der Waals surface area contributed by atoms with Crippen LogP contribution in [0.3, 0.4) is 0 Å². The van der Waals surface area contributed by atoms with E-state index in [1.165, 1.54) is 6.08 Å². The molecule has 4 heteroatoms. The van der Waals surface area contributed by atoms with E-state index in [0.29, 0.717) is 18.4 Å². The molecule has 21 heavy (non-hydrogen) atoms. The zero-order chi connectivity index (χ0) is 15.2. The number of nitrogens with zero attached hydrogens (tertiary/aromatic N) is 2. The number of hydrogen-bond donors (Lipinski definition) is 0. The van der Waals surface area contributed by atoms with Gasteiger partial charge in [0.1, 0.15) is 0 Å². The molecule has 0 aromatic rings. The molecule has 0 radical (unpaired) electrons. The van der Waals surface area contributed by atoms with Crippen LogP contribution in [0.4, 0.5) is 0 Å². The lowest BCUT2D eigenvalue weighted by Gasteiger charge is -2.41. The van der Waals surface area contributed by atoms with Crippen LogP contribution in [0.2, 0.25) is 0 Å². The quantitative estimate of drug-likeness (QED) is 0.730. The van der Waals surface area contributed by atoms with Gasteiger partial charge in [-0.05, 0) is 38.2 Å². The maximum atomic E-state index is 11.9. The SMILES string of the molecule is C=CC(=O)[C@H]1CC[C@H](N2CCN(C(=O)CCC)CC2)CC1. The molecule has 1 heterocycles. The van der Waals surface area contributed by atoms with Crippen LogP contribution in [-0.2, 0) is 9.59 Å². The topological polar surface area (TPSA) is 40.6 Å². The highest BCUT2D eigenvalue weighted by atomic mass is 16.2. The molecule has 1 saturated heterocycles. The lowest BCUT2D eigenvalue weighted by molar-refractivity contribution is -0.133. The third kappa shape index (κ3) is 4.16. The van der Waals surface area contributed by atoms with Gasteiger partial charge in [0.15, 0.2) is 5.78 Å². The standard InChI is InChI=1S/C17H28N2O2/c1-3-5-17(21)19-12-10-18(11-13-19)15-8-6-14(7-9-15)16(20)4-2/h4,14-15H,2-3,5-13H2,1H3/t14-,15-. The Hall–Kier alpha value is -1.16. The van der Waals surface area contributed by atoms with Gasteiger partial charge in [0.2, 0.25) is 5.91 Å². The third-order valence-corrected chi connectivity index (χ3v) is 4.95. The molecule has 0 aromatic carbocycles. The molecule has 2 aliphatic rings. The van der Waals surface area contributed by atoms with Crippen LogP contribution in [0.5, 0.6) is 0 Å². The van der Waals surface area contributed by atoms with E-state index in [-0.39, 0.29) is 11.7 Å². The average Bonchev–Trinajstić information content (AvgIpc) is 2.54. The molecule has 118 valence electrons. The molecule has 0 bridgehead atoms. The second-order valence-corrected chi connectivity index (χ2v) is 6.28. The fourth-order valence-electron chi connectivity index (χ4n) is 3.60. The molecule has 2 fully saturated rings. The second-order valence-electron chi connectivity index (χ2n) is 6.28. The van der Waals surface area contributed by atoms with Gasteiger partial charge in [0.25, 0.3) is 0 Å². The first-order valence-electron chi connectivity index (χ1n) is 8.33. The van der Waals surface area contributed by atoms with E-state index < -0.39 is 0 Å². The van der Waals surface area contributed by atoms with E-state index in [0.717, 1.165) is 58.3 Å². The van der Waals surface area contributed by atoms with E-state index in [2.05, 4.69) is 18.4 Å². The van der Waals surface area contributed by atoms with Gasteiger partial charge in [-0.25, -0.2) is 0 Å². The molecular weight excluding hydrogens is 264 g/mol. The summed E-state index contributed by atoms with van der Waals surface area (Å²) in [5, 5.41) is 0. The van der Waals surface area contributed by atoms with Gasteiger partial charge in [0.05, 0.1) is 0 Å². The van der Waals surface area contributed by atoms with E-state index >= 15 is 0 Å². The number of amides is 1. The average molecular weight is 292 g/mol. The molecule has 0 aromatic heterocycles. The molecule has 1 aliphatic heterocycles. The summed E-state index contributed by atoms with van der Waals surface area (Å²) in [6.45, 7) is 9.34. The third-order valence-electron chi connectivity index (χ3n) is 4.95. The Balaban J connectivity index is 1.75. The summed E-state index contributed by atoms with van der Waals surface area (Å²) in [5.41, 5.74) is 0. The Kier molecular flexibility index (Phi) is 5.97. The monoisotopic (exact) mass is 292 g/mol.